The van der Waals surface area contributed by atoms with Gasteiger partial charge in [-0.15, -0.1) is 0 Å². The van der Waals surface area contributed by atoms with Crippen molar-refractivity contribution in [2.45, 2.75) is 240 Å². The van der Waals surface area contributed by atoms with Crippen LogP contribution in [0.4, 0.5) is 0 Å². The molecular formula is C47H98N2O2. The summed E-state index contributed by atoms with van der Waals surface area (Å²) in [4.78, 5) is 5.26. The molecule has 0 saturated carbocycles. The fraction of sp³-hybridized carbons (Fsp3) is 1.00. The summed E-state index contributed by atoms with van der Waals surface area (Å²) in [6.07, 6.45) is 47.0. The molecule has 0 aromatic heterocycles. The molecule has 0 saturated heterocycles. The molecule has 0 aliphatic rings. The predicted octanol–water partition coefficient (Wildman–Crippen LogP) is 13.8. The van der Waals surface area contributed by atoms with Gasteiger partial charge in [-0.3, -0.25) is 0 Å². The number of aliphatic hydroxyl groups is 2. The average molecular weight is 723 g/mol. The molecule has 0 aromatic carbocycles. The van der Waals surface area contributed by atoms with Crippen LogP contribution < -0.4 is 0 Å². The van der Waals surface area contributed by atoms with E-state index in [0.717, 1.165) is 19.6 Å². The van der Waals surface area contributed by atoms with Crippen molar-refractivity contribution in [3.05, 3.63) is 0 Å². The van der Waals surface area contributed by atoms with Gasteiger partial charge in [-0.2, -0.15) is 0 Å². The van der Waals surface area contributed by atoms with Gasteiger partial charge in [0.25, 0.3) is 0 Å². The summed E-state index contributed by atoms with van der Waals surface area (Å²) < 4.78 is 0. The molecule has 2 atom stereocenters. The Kier molecular flexibility index (Phi) is 42.4. The minimum atomic E-state index is 0.245. The van der Waals surface area contributed by atoms with Gasteiger partial charge in [0.2, 0.25) is 0 Å². The van der Waals surface area contributed by atoms with Crippen LogP contribution in [0.15, 0.2) is 0 Å². The van der Waals surface area contributed by atoms with Crippen molar-refractivity contribution in [3.63, 3.8) is 0 Å². The molecule has 0 rings (SSSR count). The summed E-state index contributed by atoms with van der Waals surface area (Å²) >= 11 is 0. The predicted molar refractivity (Wildman–Crippen MR) is 229 cm³/mol. The first-order valence-corrected chi connectivity index (χ1v) is 23.7. The van der Waals surface area contributed by atoms with E-state index in [1.165, 1.54) is 232 Å². The van der Waals surface area contributed by atoms with Crippen LogP contribution in [0.1, 0.15) is 240 Å². The van der Waals surface area contributed by atoms with Crippen LogP contribution in [0, 0.1) is 11.8 Å². The molecule has 308 valence electrons. The van der Waals surface area contributed by atoms with Crippen molar-refractivity contribution in [3.8, 4) is 0 Å². The van der Waals surface area contributed by atoms with Gasteiger partial charge >= 0.3 is 0 Å². The Morgan fingerprint density at radius 2 is 0.510 bits per heavy atom. The first-order valence-electron chi connectivity index (χ1n) is 23.7. The number of nitrogens with zero attached hydrogens (tertiary/aromatic N) is 2. The maximum atomic E-state index is 9.64. The molecule has 0 bridgehead atoms. The minimum Gasteiger partial charge on any atom is -0.396 e. The van der Waals surface area contributed by atoms with Gasteiger partial charge in [0, 0.05) is 26.3 Å². The smallest absolute Gasteiger partial charge is 0.0468 e. The topological polar surface area (TPSA) is 46.9 Å². The molecule has 4 heteroatoms. The lowest BCUT2D eigenvalue weighted by atomic mass is 10.0. The van der Waals surface area contributed by atoms with E-state index in [9.17, 15) is 10.2 Å². The molecule has 0 aliphatic heterocycles. The Balaban J connectivity index is 4.20. The summed E-state index contributed by atoms with van der Waals surface area (Å²) in [6.45, 7) is 16.0. The number of aliphatic hydroxyl groups excluding tert-OH is 2. The molecule has 0 aromatic rings. The van der Waals surface area contributed by atoms with Crippen molar-refractivity contribution in [1.29, 1.82) is 0 Å². The standard InChI is InChI=1S/C47H98N2O2/c1-5-7-9-11-13-15-17-19-21-23-25-27-29-31-33-35-38-48(40-37-41-49(42-46(3)44-50)43-47(4)45-51)39-36-34-32-30-28-26-24-22-20-18-16-14-12-10-8-6-2/h46-47,50-51H,5-45H2,1-4H3. The van der Waals surface area contributed by atoms with E-state index in [1.807, 2.05) is 0 Å². The van der Waals surface area contributed by atoms with E-state index < -0.39 is 0 Å². The van der Waals surface area contributed by atoms with Crippen molar-refractivity contribution >= 4 is 0 Å². The van der Waals surface area contributed by atoms with Gasteiger partial charge in [0.15, 0.2) is 0 Å². The average Bonchev–Trinajstić information content (AvgIpc) is 3.13. The lowest BCUT2D eigenvalue weighted by Crippen LogP contribution is -2.37. The van der Waals surface area contributed by atoms with Crippen molar-refractivity contribution in [1.82, 2.24) is 9.80 Å². The van der Waals surface area contributed by atoms with Crippen LogP contribution in [0.25, 0.3) is 0 Å². The third-order valence-electron chi connectivity index (χ3n) is 11.4. The highest BCUT2D eigenvalue weighted by Crippen LogP contribution is 2.16. The van der Waals surface area contributed by atoms with Crippen LogP contribution in [-0.2, 0) is 0 Å². The molecule has 0 heterocycles. The van der Waals surface area contributed by atoms with Gasteiger partial charge in [-0.25, -0.2) is 0 Å². The maximum Gasteiger partial charge on any atom is 0.0468 e. The van der Waals surface area contributed by atoms with Crippen molar-refractivity contribution in [2.75, 3.05) is 52.5 Å². The lowest BCUT2D eigenvalue weighted by molar-refractivity contribution is 0.131. The van der Waals surface area contributed by atoms with Crippen LogP contribution >= 0.6 is 0 Å². The molecule has 4 nitrogen and oxygen atoms in total. The third-order valence-corrected chi connectivity index (χ3v) is 11.4. The Morgan fingerprint density at radius 1 is 0.294 bits per heavy atom. The van der Waals surface area contributed by atoms with Crippen LogP contribution in [0.5, 0.6) is 0 Å². The Bertz CT molecular complexity index is 583. The summed E-state index contributed by atoms with van der Waals surface area (Å²) in [5.41, 5.74) is 0. The SMILES string of the molecule is CCCCCCCCCCCCCCCCCCN(CCCCCCCCCCCCCCCCCC)CCCN(CC(C)CO)CC(C)CO. The molecular weight excluding hydrogens is 625 g/mol. The number of hydrogen-bond donors (Lipinski definition) is 2. The van der Waals surface area contributed by atoms with Gasteiger partial charge in [-0.1, -0.05) is 220 Å². The highest BCUT2D eigenvalue weighted by atomic mass is 16.3. The Hall–Kier alpha value is -0.160. The van der Waals surface area contributed by atoms with E-state index in [1.54, 1.807) is 0 Å². The monoisotopic (exact) mass is 723 g/mol. The van der Waals surface area contributed by atoms with Gasteiger partial charge in [0.05, 0.1) is 0 Å². The van der Waals surface area contributed by atoms with E-state index in [4.69, 9.17) is 0 Å². The second kappa shape index (κ2) is 42.6. The fourth-order valence-corrected chi connectivity index (χ4v) is 7.87. The summed E-state index contributed by atoms with van der Waals surface area (Å²) in [5.74, 6) is 0.587. The molecule has 0 fully saturated rings. The second-order valence-corrected chi connectivity index (χ2v) is 17.1. The van der Waals surface area contributed by atoms with E-state index >= 15 is 0 Å². The largest absolute Gasteiger partial charge is 0.396 e. The number of hydrogen-bond acceptors (Lipinski definition) is 4. The fourth-order valence-electron chi connectivity index (χ4n) is 7.87. The molecule has 2 unspecified atom stereocenters. The highest BCUT2D eigenvalue weighted by Gasteiger charge is 2.14. The molecule has 0 amide bonds. The zero-order valence-electron chi connectivity index (χ0n) is 35.9. The Labute approximate surface area is 323 Å². The first kappa shape index (κ1) is 50.8. The Morgan fingerprint density at radius 3 is 0.765 bits per heavy atom. The van der Waals surface area contributed by atoms with E-state index in [-0.39, 0.29) is 13.2 Å². The second-order valence-electron chi connectivity index (χ2n) is 17.1. The molecule has 51 heavy (non-hydrogen) atoms. The zero-order valence-corrected chi connectivity index (χ0v) is 35.9. The minimum absolute atomic E-state index is 0.245. The number of rotatable bonds is 44. The van der Waals surface area contributed by atoms with Crippen molar-refractivity contribution in [2.24, 2.45) is 11.8 Å². The van der Waals surface area contributed by atoms with E-state index in [2.05, 4.69) is 37.5 Å². The third kappa shape index (κ3) is 39.4. The summed E-state index contributed by atoms with van der Waals surface area (Å²) in [5, 5.41) is 19.3. The molecule has 0 spiro atoms. The first-order chi connectivity index (χ1) is 25.1. The van der Waals surface area contributed by atoms with Gasteiger partial charge in [0.1, 0.15) is 0 Å². The molecule has 0 radical (unpaired) electrons. The van der Waals surface area contributed by atoms with Gasteiger partial charge < -0.3 is 20.0 Å². The maximum absolute atomic E-state index is 9.64. The van der Waals surface area contributed by atoms with Gasteiger partial charge in [-0.05, 0) is 57.3 Å². The highest BCUT2D eigenvalue weighted by molar-refractivity contribution is 4.68. The van der Waals surface area contributed by atoms with Crippen molar-refractivity contribution < 1.29 is 10.2 Å². The molecule has 0 aliphatic carbocycles. The lowest BCUT2D eigenvalue weighted by Gasteiger charge is -2.29. The molecule has 2 N–H and O–H groups in total. The van der Waals surface area contributed by atoms with E-state index in [0.29, 0.717) is 11.8 Å². The number of unbranched alkanes of at least 4 members (excludes halogenated alkanes) is 30. The van der Waals surface area contributed by atoms with Crippen LogP contribution in [-0.4, -0.2) is 72.5 Å². The normalized spacial score (nSPS) is 13.2. The quantitative estimate of drug-likeness (QED) is 0.0615. The van der Waals surface area contributed by atoms with Crippen LogP contribution in [0.3, 0.4) is 0 Å². The summed E-state index contributed by atoms with van der Waals surface area (Å²) in [6, 6.07) is 0. The summed E-state index contributed by atoms with van der Waals surface area (Å²) in [7, 11) is 0. The van der Waals surface area contributed by atoms with Crippen LogP contribution in [0.2, 0.25) is 0 Å². The zero-order chi connectivity index (χ0) is 37.3.